The van der Waals surface area contributed by atoms with Gasteiger partial charge in [-0.3, -0.25) is 9.59 Å². The predicted molar refractivity (Wildman–Crippen MR) is 92.5 cm³/mol. The number of rotatable bonds is 2. The maximum Gasteiger partial charge on any atom is 0.256 e. The molecule has 3 nitrogen and oxygen atoms in total. The fraction of sp³-hybridized carbons (Fsp3) is 0.200. The average Bonchev–Trinajstić information content (AvgIpc) is 2.82. The van der Waals surface area contributed by atoms with Gasteiger partial charge < -0.3 is 5.32 Å². The van der Waals surface area contributed by atoms with E-state index >= 15 is 0 Å². The second kappa shape index (κ2) is 5.51. The van der Waals surface area contributed by atoms with Crippen LogP contribution in [0.2, 0.25) is 0 Å². The highest BCUT2D eigenvalue weighted by Crippen LogP contribution is 2.31. The van der Waals surface area contributed by atoms with Gasteiger partial charge in [-0.05, 0) is 23.1 Å². The van der Waals surface area contributed by atoms with Gasteiger partial charge in [0.1, 0.15) is 0 Å². The van der Waals surface area contributed by atoms with Gasteiger partial charge in [0, 0.05) is 16.8 Å². The molecule has 1 N–H and O–H groups in total. The van der Waals surface area contributed by atoms with Crippen molar-refractivity contribution in [2.45, 2.75) is 26.2 Å². The number of para-hydroxylation sites is 1. The van der Waals surface area contributed by atoms with Crippen LogP contribution < -0.4 is 5.32 Å². The Balaban J connectivity index is 1.91. The first kappa shape index (κ1) is 15.2. The lowest BCUT2D eigenvalue weighted by molar-refractivity contribution is -0.110. The Morgan fingerprint density at radius 3 is 2.30 bits per heavy atom. The number of nitrogens with one attached hydrogen (secondary N) is 1. The Kier molecular flexibility index (Phi) is 3.64. The number of carbonyl (C=O) groups excluding carboxylic acids is 2. The van der Waals surface area contributed by atoms with Gasteiger partial charge in [-0.15, -0.1) is 0 Å². The van der Waals surface area contributed by atoms with Gasteiger partial charge in [-0.25, -0.2) is 0 Å². The lowest BCUT2D eigenvalue weighted by Crippen LogP contribution is -2.11. The van der Waals surface area contributed by atoms with Crippen molar-refractivity contribution in [3.8, 4) is 0 Å². The Morgan fingerprint density at radius 2 is 1.65 bits per heavy atom. The third-order valence-corrected chi connectivity index (χ3v) is 4.02. The van der Waals surface area contributed by atoms with Crippen molar-refractivity contribution in [3.05, 3.63) is 71.3 Å². The molecule has 1 aliphatic rings. The summed E-state index contributed by atoms with van der Waals surface area (Å²) in [5.41, 5.74) is 3.75. The molecule has 0 fully saturated rings. The normalized spacial score (nSPS) is 15.4. The van der Waals surface area contributed by atoms with E-state index in [-0.39, 0.29) is 17.1 Å². The fourth-order valence-corrected chi connectivity index (χ4v) is 2.63. The highest BCUT2D eigenvalue weighted by Gasteiger charge is 2.24. The van der Waals surface area contributed by atoms with Crippen LogP contribution in [0.15, 0.2) is 54.6 Å². The molecule has 0 radical (unpaired) electrons. The highest BCUT2D eigenvalue weighted by molar-refractivity contribution is 6.35. The first-order valence-electron chi connectivity index (χ1n) is 7.63. The number of anilines is 1. The van der Waals surface area contributed by atoms with Crippen molar-refractivity contribution < 1.29 is 9.59 Å². The molecule has 3 rings (SSSR count). The average molecular weight is 305 g/mol. The van der Waals surface area contributed by atoms with Crippen molar-refractivity contribution in [2.24, 2.45) is 0 Å². The minimum absolute atomic E-state index is 0.0460. The lowest BCUT2D eigenvalue weighted by atomic mass is 9.86. The van der Waals surface area contributed by atoms with E-state index in [0.29, 0.717) is 11.1 Å². The van der Waals surface area contributed by atoms with Crippen LogP contribution in [0.5, 0.6) is 0 Å². The minimum Gasteiger partial charge on any atom is -0.321 e. The maximum absolute atomic E-state index is 12.5. The van der Waals surface area contributed by atoms with Crippen LogP contribution in [0.1, 0.15) is 42.3 Å². The van der Waals surface area contributed by atoms with Crippen LogP contribution in [-0.4, -0.2) is 11.7 Å². The smallest absolute Gasteiger partial charge is 0.256 e. The molecule has 0 bridgehead atoms. The molecule has 0 saturated carbocycles. The van der Waals surface area contributed by atoms with Gasteiger partial charge in [0.2, 0.25) is 0 Å². The van der Waals surface area contributed by atoms with E-state index in [0.717, 1.165) is 11.3 Å². The molecule has 0 spiro atoms. The summed E-state index contributed by atoms with van der Waals surface area (Å²) in [6.07, 6.45) is 1.42. The summed E-state index contributed by atoms with van der Waals surface area (Å²) in [5, 5.41) is 2.77. The molecule has 1 heterocycles. The summed E-state index contributed by atoms with van der Waals surface area (Å²) in [6.45, 7) is 6.39. The van der Waals surface area contributed by atoms with Crippen molar-refractivity contribution in [2.75, 3.05) is 5.32 Å². The quantitative estimate of drug-likeness (QED) is 0.667. The van der Waals surface area contributed by atoms with Crippen molar-refractivity contribution in [1.82, 2.24) is 0 Å². The molecule has 2 aromatic carbocycles. The van der Waals surface area contributed by atoms with Crippen molar-refractivity contribution in [3.63, 3.8) is 0 Å². The minimum atomic E-state index is -0.231. The molecule has 1 aliphatic heterocycles. The standard InChI is InChI=1S/C20H19NO2/c1-20(2,3)14-10-8-13(9-11-14)18(22)12-16-15-6-4-5-7-17(15)21-19(16)23/h4-12H,1-3H3,(H,21,23)/b16-12-. The topological polar surface area (TPSA) is 46.2 Å². The van der Waals surface area contributed by atoms with Gasteiger partial charge >= 0.3 is 0 Å². The summed E-state index contributed by atoms with van der Waals surface area (Å²) in [5.74, 6) is -0.391. The first-order valence-corrected chi connectivity index (χ1v) is 7.63. The number of hydrogen-bond acceptors (Lipinski definition) is 2. The monoisotopic (exact) mass is 305 g/mol. The van der Waals surface area contributed by atoms with Crippen molar-refractivity contribution in [1.29, 1.82) is 0 Å². The fourth-order valence-electron chi connectivity index (χ4n) is 2.63. The van der Waals surface area contributed by atoms with E-state index in [1.54, 1.807) is 0 Å². The molecule has 3 heteroatoms. The van der Waals surface area contributed by atoms with Crippen LogP contribution in [0, 0.1) is 0 Å². The summed E-state index contributed by atoms with van der Waals surface area (Å²) < 4.78 is 0. The van der Waals surface area contributed by atoms with Gasteiger partial charge in [0.15, 0.2) is 5.78 Å². The third kappa shape index (κ3) is 2.95. The largest absolute Gasteiger partial charge is 0.321 e. The number of ketones is 1. The number of hydrogen-bond donors (Lipinski definition) is 1. The lowest BCUT2D eigenvalue weighted by Gasteiger charge is -2.18. The van der Waals surface area contributed by atoms with Crippen LogP contribution in [0.25, 0.3) is 5.57 Å². The van der Waals surface area contributed by atoms with Crippen LogP contribution >= 0.6 is 0 Å². The Bertz CT molecular complexity index is 808. The predicted octanol–water partition coefficient (Wildman–Crippen LogP) is 4.20. The van der Waals surface area contributed by atoms with E-state index < -0.39 is 0 Å². The molecule has 23 heavy (non-hydrogen) atoms. The third-order valence-electron chi connectivity index (χ3n) is 4.02. The summed E-state index contributed by atoms with van der Waals surface area (Å²) in [4.78, 5) is 24.5. The summed E-state index contributed by atoms with van der Waals surface area (Å²) in [6, 6.07) is 15.0. The Morgan fingerprint density at radius 1 is 1.00 bits per heavy atom. The first-order chi connectivity index (χ1) is 10.9. The molecule has 0 saturated heterocycles. The van der Waals surface area contributed by atoms with E-state index in [1.165, 1.54) is 11.6 Å². The van der Waals surface area contributed by atoms with Crippen LogP contribution in [0.3, 0.4) is 0 Å². The van der Waals surface area contributed by atoms with E-state index in [9.17, 15) is 9.59 Å². The number of allylic oxidation sites excluding steroid dienone is 1. The molecule has 0 atom stereocenters. The van der Waals surface area contributed by atoms with E-state index in [1.807, 2.05) is 48.5 Å². The number of carbonyl (C=O) groups is 2. The highest BCUT2D eigenvalue weighted by atomic mass is 16.2. The molecule has 116 valence electrons. The second-order valence-electron chi connectivity index (χ2n) is 6.75. The van der Waals surface area contributed by atoms with E-state index in [2.05, 4.69) is 26.1 Å². The maximum atomic E-state index is 12.5. The molecular weight excluding hydrogens is 286 g/mol. The molecule has 2 aromatic rings. The Hall–Kier alpha value is -2.68. The molecule has 0 aromatic heterocycles. The summed E-state index contributed by atoms with van der Waals surface area (Å²) in [7, 11) is 0. The number of fused-ring (bicyclic) bond motifs is 1. The number of benzene rings is 2. The van der Waals surface area contributed by atoms with Crippen molar-refractivity contribution >= 4 is 23.0 Å². The summed E-state index contributed by atoms with van der Waals surface area (Å²) >= 11 is 0. The zero-order chi connectivity index (χ0) is 16.6. The SMILES string of the molecule is CC(C)(C)c1ccc(C(=O)/C=C2\C(=O)Nc3ccccc32)cc1. The molecule has 0 unspecified atom stereocenters. The van der Waals surface area contributed by atoms with Crippen LogP contribution in [-0.2, 0) is 10.2 Å². The molecule has 1 amide bonds. The zero-order valence-corrected chi connectivity index (χ0v) is 13.5. The van der Waals surface area contributed by atoms with Crippen LogP contribution in [0.4, 0.5) is 5.69 Å². The zero-order valence-electron chi connectivity index (χ0n) is 13.5. The van der Waals surface area contributed by atoms with Gasteiger partial charge in [0.25, 0.3) is 5.91 Å². The van der Waals surface area contributed by atoms with Gasteiger partial charge in [0.05, 0.1) is 5.57 Å². The van der Waals surface area contributed by atoms with E-state index in [4.69, 9.17) is 0 Å². The second-order valence-corrected chi connectivity index (χ2v) is 6.75. The van der Waals surface area contributed by atoms with Gasteiger partial charge in [-0.2, -0.15) is 0 Å². The molecule has 0 aliphatic carbocycles. The molecular formula is C20H19NO2. The number of amides is 1. The van der Waals surface area contributed by atoms with Gasteiger partial charge in [-0.1, -0.05) is 63.2 Å². The Labute approximate surface area is 136 Å².